The Morgan fingerprint density at radius 3 is 2.62 bits per heavy atom. The van der Waals surface area contributed by atoms with Crippen molar-refractivity contribution in [2.45, 2.75) is 51.3 Å². The van der Waals surface area contributed by atoms with Crippen LogP contribution >= 0.6 is 0 Å². The first-order chi connectivity index (χ1) is 7.18. The van der Waals surface area contributed by atoms with Crippen LogP contribution < -0.4 is 10.6 Å². The molecule has 0 spiro atoms. The molecule has 1 rings (SSSR count). The van der Waals surface area contributed by atoms with Crippen molar-refractivity contribution in [1.29, 1.82) is 0 Å². The second-order valence-electron chi connectivity index (χ2n) is 4.97. The van der Waals surface area contributed by atoms with E-state index in [0.29, 0.717) is 6.42 Å². The number of alkyl halides is 2. The zero-order valence-electron chi connectivity index (χ0n) is 9.77. The van der Waals surface area contributed by atoms with Gasteiger partial charge in [-0.05, 0) is 27.2 Å². The average Bonchev–Trinajstić information content (AvgIpc) is 1.96. The van der Waals surface area contributed by atoms with Crippen LogP contribution in [0.15, 0.2) is 0 Å². The molecule has 1 atom stereocenters. The molecular formula is C10H18F2N2O2. The van der Waals surface area contributed by atoms with Gasteiger partial charge >= 0.3 is 12.1 Å². The Morgan fingerprint density at radius 1 is 1.50 bits per heavy atom. The first-order valence-electron chi connectivity index (χ1n) is 5.30. The van der Waals surface area contributed by atoms with E-state index in [1.165, 1.54) is 0 Å². The fraction of sp³-hybridized carbons (Fsp3) is 0.900. The Bertz CT molecular complexity index is 264. The van der Waals surface area contributed by atoms with Gasteiger partial charge in [-0.3, -0.25) is 5.32 Å². The minimum atomic E-state index is -2.90. The second-order valence-corrected chi connectivity index (χ2v) is 4.97. The molecule has 4 nitrogen and oxygen atoms in total. The fourth-order valence-corrected chi connectivity index (χ4v) is 1.51. The molecule has 0 bridgehead atoms. The number of amides is 1. The number of carbonyl (C=O) groups excluding carboxylic acids is 1. The maximum absolute atomic E-state index is 12.9. The second kappa shape index (κ2) is 4.53. The molecular weight excluding hydrogens is 218 g/mol. The van der Waals surface area contributed by atoms with E-state index >= 15 is 0 Å². The number of nitrogens with one attached hydrogen (secondary N) is 2. The Balaban J connectivity index is 2.40. The van der Waals surface area contributed by atoms with Crippen LogP contribution in [0.5, 0.6) is 0 Å². The number of hydrogen-bond acceptors (Lipinski definition) is 3. The number of alkyl carbamates (subject to hydrolysis) is 1. The van der Waals surface area contributed by atoms with E-state index in [1.807, 2.05) is 0 Å². The highest BCUT2D eigenvalue weighted by Gasteiger charge is 2.36. The lowest BCUT2D eigenvalue weighted by Crippen LogP contribution is -2.52. The van der Waals surface area contributed by atoms with Gasteiger partial charge in [-0.15, -0.1) is 0 Å². The summed E-state index contributed by atoms with van der Waals surface area (Å²) < 4.78 is 30.9. The maximum atomic E-state index is 12.9. The van der Waals surface area contributed by atoms with Crippen molar-refractivity contribution in [3.8, 4) is 0 Å². The van der Waals surface area contributed by atoms with Gasteiger partial charge < -0.3 is 10.1 Å². The lowest BCUT2D eigenvalue weighted by Gasteiger charge is -2.31. The van der Waals surface area contributed by atoms with Crippen molar-refractivity contribution < 1.29 is 18.3 Å². The number of hydrogen-bond donors (Lipinski definition) is 2. The normalized spacial score (nSPS) is 24.9. The maximum Gasteiger partial charge on any atom is 0.407 e. The van der Waals surface area contributed by atoms with Crippen molar-refractivity contribution in [3.63, 3.8) is 0 Å². The minimum Gasteiger partial charge on any atom is -0.444 e. The smallest absolute Gasteiger partial charge is 0.407 e. The molecule has 1 amide bonds. The summed E-state index contributed by atoms with van der Waals surface area (Å²) in [6.07, 6.45) is -0.559. The average molecular weight is 236 g/mol. The van der Waals surface area contributed by atoms with Crippen molar-refractivity contribution in [2.24, 2.45) is 0 Å². The van der Waals surface area contributed by atoms with Crippen LogP contribution in [0.25, 0.3) is 0 Å². The third-order valence-corrected chi connectivity index (χ3v) is 2.10. The van der Waals surface area contributed by atoms with Gasteiger partial charge in [-0.1, -0.05) is 0 Å². The van der Waals surface area contributed by atoms with E-state index < -0.39 is 30.2 Å². The van der Waals surface area contributed by atoms with Gasteiger partial charge in [0.2, 0.25) is 0 Å². The molecule has 1 unspecified atom stereocenters. The molecule has 0 radical (unpaired) electrons. The number of ether oxygens (including phenoxy) is 1. The Hall–Kier alpha value is -0.910. The summed E-state index contributed by atoms with van der Waals surface area (Å²) >= 11 is 0. The highest BCUT2D eigenvalue weighted by atomic mass is 19.3. The summed E-state index contributed by atoms with van der Waals surface area (Å²) in [7, 11) is 0. The topological polar surface area (TPSA) is 50.4 Å². The Labute approximate surface area is 93.7 Å². The quantitative estimate of drug-likeness (QED) is 0.683. The van der Waals surface area contributed by atoms with Gasteiger partial charge in [0.15, 0.2) is 0 Å². The summed E-state index contributed by atoms with van der Waals surface area (Å²) in [5.41, 5.74) is -0.612. The van der Waals surface area contributed by atoms with Crippen LogP contribution in [0, 0.1) is 0 Å². The zero-order valence-corrected chi connectivity index (χ0v) is 9.77. The zero-order chi connectivity index (χ0) is 12.4. The predicted octanol–water partition coefficient (Wildman–Crippen LogP) is 1.86. The van der Waals surface area contributed by atoms with Gasteiger partial charge in [-0.25, -0.2) is 4.79 Å². The highest BCUT2D eigenvalue weighted by molar-refractivity contribution is 5.68. The Kier molecular flexibility index (Phi) is 3.72. The Morgan fingerprint density at radius 2 is 2.12 bits per heavy atom. The van der Waals surface area contributed by atoms with E-state index in [1.54, 1.807) is 20.8 Å². The van der Waals surface area contributed by atoms with Gasteiger partial charge in [0, 0.05) is 19.0 Å². The molecule has 0 aromatic rings. The van der Waals surface area contributed by atoms with Crippen LogP contribution in [0.4, 0.5) is 13.6 Å². The third kappa shape index (κ3) is 4.74. The molecule has 0 aromatic heterocycles. The molecule has 0 saturated carbocycles. The molecule has 6 heteroatoms. The molecule has 1 heterocycles. The lowest BCUT2D eigenvalue weighted by atomic mass is 10.1. The fourth-order valence-electron chi connectivity index (χ4n) is 1.51. The summed E-state index contributed by atoms with van der Waals surface area (Å²) in [4.78, 5) is 11.3. The number of piperidine rings is 1. The molecule has 0 aromatic carbocycles. The minimum absolute atomic E-state index is 0.188. The van der Waals surface area contributed by atoms with E-state index in [2.05, 4.69) is 10.6 Å². The van der Waals surface area contributed by atoms with Crippen molar-refractivity contribution in [1.82, 2.24) is 10.6 Å². The molecule has 1 saturated heterocycles. The number of carbonyl (C=O) groups is 1. The lowest BCUT2D eigenvalue weighted by molar-refractivity contribution is -0.0664. The number of rotatable bonds is 1. The summed E-state index contributed by atoms with van der Waals surface area (Å²) in [5, 5.41) is 4.53. The van der Waals surface area contributed by atoms with Gasteiger partial charge in [-0.2, -0.15) is 8.78 Å². The van der Waals surface area contributed by atoms with E-state index in [0.717, 1.165) is 0 Å². The van der Waals surface area contributed by atoms with Crippen LogP contribution in [-0.2, 0) is 4.74 Å². The van der Waals surface area contributed by atoms with Crippen molar-refractivity contribution >= 4 is 6.09 Å². The molecule has 16 heavy (non-hydrogen) atoms. The van der Waals surface area contributed by atoms with E-state index in [4.69, 9.17) is 4.74 Å². The van der Waals surface area contributed by atoms with Crippen LogP contribution in [0.1, 0.15) is 33.6 Å². The molecule has 1 aliphatic heterocycles. The summed E-state index contributed by atoms with van der Waals surface area (Å²) in [6, 6.07) is -3.44. The molecule has 2 N–H and O–H groups in total. The predicted molar refractivity (Wildman–Crippen MR) is 55.3 cm³/mol. The number of halogens is 2. The first kappa shape index (κ1) is 13.2. The summed E-state index contributed by atoms with van der Waals surface area (Å²) in [6.45, 7) is 5.37. The monoisotopic (exact) mass is 236 g/mol. The standard InChI is InChI=1S/C10H18F2N2O2/c1-9(2,3)16-8(15)14-7-4-5-13-10(11,12)6-7/h7,13H,4-6H2,1-3H3,(H,14,15). The van der Waals surface area contributed by atoms with Crippen molar-refractivity contribution in [3.05, 3.63) is 0 Å². The first-order valence-corrected chi connectivity index (χ1v) is 5.30. The molecule has 94 valence electrons. The van der Waals surface area contributed by atoms with E-state index in [-0.39, 0.29) is 6.54 Å². The molecule has 1 fully saturated rings. The van der Waals surface area contributed by atoms with Crippen LogP contribution in [0.3, 0.4) is 0 Å². The summed E-state index contributed by atoms with van der Waals surface area (Å²) in [5.74, 6) is 0. The van der Waals surface area contributed by atoms with Crippen LogP contribution in [0.2, 0.25) is 0 Å². The van der Waals surface area contributed by atoms with Crippen LogP contribution in [-0.4, -0.2) is 30.3 Å². The molecule has 0 aliphatic carbocycles. The van der Waals surface area contributed by atoms with Gasteiger partial charge in [0.25, 0.3) is 0 Å². The van der Waals surface area contributed by atoms with E-state index in [9.17, 15) is 13.6 Å². The van der Waals surface area contributed by atoms with Crippen molar-refractivity contribution in [2.75, 3.05) is 6.54 Å². The van der Waals surface area contributed by atoms with Gasteiger partial charge in [0.05, 0.1) is 0 Å². The molecule has 1 aliphatic rings. The highest BCUT2D eigenvalue weighted by Crippen LogP contribution is 2.22. The SMILES string of the molecule is CC(C)(C)OC(=O)NC1CCNC(F)(F)C1. The van der Waals surface area contributed by atoms with Gasteiger partial charge in [0.1, 0.15) is 5.60 Å². The third-order valence-electron chi connectivity index (χ3n) is 2.10. The largest absolute Gasteiger partial charge is 0.444 e.